The lowest BCUT2D eigenvalue weighted by Gasteiger charge is -2.14. The van der Waals surface area contributed by atoms with Gasteiger partial charge in [0.05, 0.1) is 50.8 Å². The van der Waals surface area contributed by atoms with E-state index in [2.05, 4.69) is 15.2 Å². The van der Waals surface area contributed by atoms with Crippen molar-refractivity contribution in [2.75, 3.05) is 28.4 Å². The third kappa shape index (κ3) is 3.53. The van der Waals surface area contributed by atoms with Crippen LogP contribution < -0.4 is 18.9 Å². The highest BCUT2D eigenvalue weighted by molar-refractivity contribution is 6.08. The molecule has 0 amide bonds. The minimum Gasteiger partial charge on any atom is -0.497 e. The average Bonchev–Trinajstić information content (AvgIpc) is 3.26. The van der Waals surface area contributed by atoms with Gasteiger partial charge in [-0.25, -0.2) is 9.78 Å². The van der Waals surface area contributed by atoms with Gasteiger partial charge in [0.2, 0.25) is 0 Å². The first kappa shape index (κ1) is 21.0. The van der Waals surface area contributed by atoms with Crippen LogP contribution in [0.5, 0.6) is 23.0 Å². The zero-order chi connectivity index (χ0) is 22.8. The summed E-state index contributed by atoms with van der Waals surface area (Å²) in [6.07, 6.45) is 0. The van der Waals surface area contributed by atoms with E-state index in [1.807, 2.05) is 12.1 Å². The molecule has 2 heterocycles. The molecule has 0 saturated heterocycles. The molecule has 32 heavy (non-hydrogen) atoms. The molecule has 0 aliphatic rings. The van der Waals surface area contributed by atoms with Crippen LogP contribution in [0, 0.1) is 0 Å². The fourth-order valence-electron chi connectivity index (χ4n) is 3.55. The van der Waals surface area contributed by atoms with Crippen LogP contribution in [-0.2, 0) is 0 Å². The molecular weight excluding hydrogens is 414 g/mol. The maximum atomic E-state index is 12.2. The number of fused-ring (bicyclic) bond motifs is 1. The van der Waals surface area contributed by atoms with Gasteiger partial charge in [-0.1, -0.05) is 12.1 Å². The molecule has 0 radical (unpaired) electrons. The Morgan fingerprint density at radius 3 is 2.28 bits per heavy atom. The van der Waals surface area contributed by atoms with Crippen molar-refractivity contribution in [3.05, 3.63) is 48.0 Å². The molecule has 2 aromatic heterocycles. The summed E-state index contributed by atoms with van der Waals surface area (Å²) in [6.45, 7) is 0. The summed E-state index contributed by atoms with van der Waals surface area (Å²) in [5, 5.41) is 17.6. The lowest BCUT2D eigenvalue weighted by Crippen LogP contribution is -2.01. The molecule has 0 saturated carbocycles. The lowest BCUT2D eigenvalue weighted by atomic mass is 10.0. The van der Waals surface area contributed by atoms with Crippen LogP contribution in [-0.4, -0.2) is 54.7 Å². The number of carbonyl (C=O) groups is 1. The Hall–Kier alpha value is -4.27. The second kappa shape index (κ2) is 8.46. The zero-order valence-corrected chi connectivity index (χ0v) is 17.9. The highest BCUT2D eigenvalue weighted by atomic mass is 16.5. The van der Waals surface area contributed by atoms with Crippen molar-refractivity contribution in [3.8, 4) is 45.5 Å². The number of H-pyrrole nitrogens is 1. The van der Waals surface area contributed by atoms with Gasteiger partial charge in [-0.2, -0.15) is 5.10 Å². The van der Waals surface area contributed by atoms with Gasteiger partial charge in [0.1, 0.15) is 11.5 Å². The number of methoxy groups -OCH3 is 4. The molecule has 0 aliphatic carbocycles. The van der Waals surface area contributed by atoms with Crippen molar-refractivity contribution in [1.29, 1.82) is 0 Å². The van der Waals surface area contributed by atoms with Gasteiger partial charge in [0.25, 0.3) is 0 Å². The number of carboxylic acid groups (broad SMARTS) is 1. The predicted molar refractivity (Wildman–Crippen MR) is 118 cm³/mol. The molecule has 0 aliphatic heterocycles. The van der Waals surface area contributed by atoms with Gasteiger partial charge in [-0.3, -0.25) is 5.10 Å². The van der Waals surface area contributed by atoms with Crippen molar-refractivity contribution in [2.24, 2.45) is 0 Å². The second-order valence-corrected chi connectivity index (χ2v) is 6.80. The molecule has 0 atom stereocenters. The number of ether oxygens (including phenoxy) is 4. The minimum atomic E-state index is -1.11. The van der Waals surface area contributed by atoms with E-state index in [9.17, 15) is 9.90 Å². The quantitative estimate of drug-likeness (QED) is 0.447. The van der Waals surface area contributed by atoms with Gasteiger partial charge in [0, 0.05) is 17.2 Å². The summed E-state index contributed by atoms with van der Waals surface area (Å²) in [5.41, 5.74) is 2.49. The Balaban J connectivity index is 1.96. The maximum absolute atomic E-state index is 12.2. The number of hydrogen-bond acceptors (Lipinski definition) is 7. The lowest BCUT2D eigenvalue weighted by molar-refractivity contribution is 0.0699. The summed E-state index contributed by atoms with van der Waals surface area (Å²) >= 11 is 0. The molecule has 164 valence electrons. The van der Waals surface area contributed by atoms with Crippen LogP contribution >= 0.6 is 0 Å². The van der Waals surface area contributed by atoms with E-state index in [0.717, 1.165) is 5.56 Å². The monoisotopic (exact) mass is 435 g/mol. The predicted octanol–water partition coefficient (Wildman–Crippen LogP) is 4.02. The summed E-state index contributed by atoms with van der Waals surface area (Å²) in [7, 11) is 6.11. The molecule has 9 heteroatoms. The highest BCUT2D eigenvalue weighted by Crippen LogP contribution is 2.41. The number of benzene rings is 2. The molecular formula is C23H21N3O6. The van der Waals surface area contributed by atoms with Crippen LogP contribution in [0.4, 0.5) is 0 Å². The second-order valence-electron chi connectivity index (χ2n) is 6.80. The molecule has 0 spiro atoms. The fourth-order valence-corrected chi connectivity index (χ4v) is 3.55. The van der Waals surface area contributed by atoms with Crippen molar-refractivity contribution in [1.82, 2.24) is 15.2 Å². The Morgan fingerprint density at radius 2 is 1.62 bits per heavy atom. The molecule has 4 rings (SSSR count). The van der Waals surface area contributed by atoms with Gasteiger partial charge in [-0.05, 0) is 24.3 Å². The van der Waals surface area contributed by atoms with E-state index < -0.39 is 5.97 Å². The normalized spacial score (nSPS) is 10.8. The molecule has 2 aromatic carbocycles. The largest absolute Gasteiger partial charge is 0.497 e. The van der Waals surface area contributed by atoms with E-state index >= 15 is 0 Å². The number of rotatable bonds is 7. The Bertz CT molecular complexity index is 1310. The van der Waals surface area contributed by atoms with Crippen LogP contribution in [0.3, 0.4) is 0 Å². The summed E-state index contributed by atoms with van der Waals surface area (Å²) in [4.78, 5) is 16.8. The van der Waals surface area contributed by atoms with E-state index in [0.29, 0.717) is 45.3 Å². The SMILES string of the molecule is COc1cccc(-c2[nH]nc3nc(-c4cc(OC)c(OC)cc4OC)cc(C(=O)O)c23)c1. The highest BCUT2D eigenvalue weighted by Gasteiger charge is 2.22. The molecule has 2 N–H and O–H groups in total. The van der Waals surface area contributed by atoms with E-state index in [-0.39, 0.29) is 11.2 Å². The third-order valence-corrected chi connectivity index (χ3v) is 5.09. The number of pyridine rings is 1. The fraction of sp³-hybridized carbons (Fsp3) is 0.174. The van der Waals surface area contributed by atoms with Gasteiger partial charge in [-0.15, -0.1) is 0 Å². The maximum Gasteiger partial charge on any atom is 0.336 e. The standard InChI is InChI=1S/C23H21N3O6/c1-29-13-7-5-6-12(8-13)21-20-15(23(27)28)9-16(24-22(20)26-25-21)14-10-18(31-3)19(32-4)11-17(14)30-2/h5-11H,1-4H3,(H,27,28)(H,24,25,26). The molecule has 0 fully saturated rings. The molecule has 0 unspecified atom stereocenters. The van der Waals surface area contributed by atoms with Crippen LogP contribution in [0.25, 0.3) is 33.5 Å². The van der Waals surface area contributed by atoms with Crippen molar-refractivity contribution >= 4 is 17.0 Å². The number of aromatic nitrogens is 3. The summed E-state index contributed by atoms with van der Waals surface area (Å²) < 4.78 is 21.5. The number of carboxylic acids is 1. The van der Waals surface area contributed by atoms with E-state index in [1.54, 1.807) is 31.4 Å². The summed E-state index contributed by atoms with van der Waals surface area (Å²) in [6, 6.07) is 12.1. The molecule has 0 bridgehead atoms. The topological polar surface area (TPSA) is 116 Å². The van der Waals surface area contributed by atoms with E-state index in [4.69, 9.17) is 18.9 Å². The van der Waals surface area contributed by atoms with Gasteiger partial charge < -0.3 is 24.1 Å². The van der Waals surface area contributed by atoms with Gasteiger partial charge in [0.15, 0.2) is 17.1 Å². The number of hydrogen-bond donors (Lipinski definition) is 2. The average molecular weight is 435 g/mol. The van der Waals surface area contributed by atoms with Crippen LogP contribution in [0.15, 0.2) is 42.5 Å². The van der Waals surface area contributed by atoms with Crippen LogP contribution in [0.1, 0.15) is 10.4 Å². The van der Waals surface area contributed by atoms with Crippen molar-refractivity contribution in [3.63, 3.8) is 0 Å². The van der Waals surface area contributed by atoms with Gasteiger partial charge >= 0.3 is 5.97 Å². The first-order chi connectivity index (χ1) is 15.5. The first-order valence-electron chi connectivity index (χ1n) is 9.58. The molecule has 9 nitrogen and oxygen atoms in total. The summed E-state index contributed by atoms with van der Waals surface area (Å²) in [5.74, 6) is 0.925. The molecule has 4 aromatic rings. The number of nitrogens with one attached hydrogen (secondary N) is 1. The van der Waals surface area contributed by atoms with Crippen LogP contribution in [0.2, 0.25) is 0 Å². The Morgan fingerprint density at radius 1 is 0.906 bits per heavy atom. The van der Waals surface area contributed by atoms with E-state index in [1.165, 1.54) is 27.4 Å². The zero-order valence-electron chi connectivity index (χ0n) is 17.9. The van der Waals surface area contributed by atoms with Crippen molar-refractivity contribution < 1.29 is 28.8 Å². The Labute approximate surface area is 183 Å². The number of nitrogens with zero attached hydrogens (tertiary/aromatic N) is 2. The first-order valence-corrected chi connectivity index (χ1v) is 9.58. The Kier molecular flexibility index (Phi) is 5.55. The third-order valence-electron chi connectivity index (χ3n) is 5.09. The minimum absolute atomic E-state index is 0.0495. The van der Waals surface area contributed by atoms with Crippen molar-refractivity contribution in [2.45, 2.75) is 0 Å². The smallest absolute Gasteiger partial charge is 0.336 e. The number of aromatic carboxylic acids is 1. The number of aromatic amines is 1.